The molecule has 4 heterocycles. The first-order valence-corrected chi connectivity index (χ1v) is 11.3. The number of nitrogen functional groups attached to an aromatic ring is 1. The molecule has 8 nitrogen and oxygen atoms in total. The molecule has 172 valence electrons. The smallest absolute Gasteiger partial charge is 0.246 e. The number of hydrogen-bond acceptors (Lipinski definition) is 5. The van der Waals surface area contributed by atoms with E-state index < -0.39 is 0 Å². The van der Waals surface area contributed by atoms with E-state index in [1.807, 2.05) is 51.4 Å². The maximum atomic E-state index is 12.2. The molecule has 3 aromatic heterocycles. The van der Waals surface area contributed by atoms with Gasteiger partial charge in [0, 0.05) is 54.3 Å². The summed E-state index contributed by atoms with van der Waals surface area (Å²) in [6.45, 7) is 6.80. The minimum Gasteiger partial charge on any atom is -0.397 e. The average molecular weight is 455 g/mol. The number of aryl methyl sites for hydroxylation is 1. The lowest BCUT2D eigenvalue weighted by Gasteiger charge is -2.32. The molecule has 34 heavy (non-hydrogen) atoms. The van der Waals surface area contributed by atoms with Gasteiger partial charge in [0.15, 0.2) is 11.1 Å². The molecular formula is C26H26N6O2. The third-order valence-electron chi connectivity index (χ3n) is 6.38. The van der Waals surface area contributed by atoms with Crippen molar-refractivity contribution in [1.29, 1.82) is 0 Å². The first-order chi connectivity index (χ1) is 16.4. The molecule has 1 unspecified atom stereocenters. The molecule has 1 saturated heterocycles. The van der Waals surface area contributed by atoms with E-state index in [1.165, 1.54) is 18.2 Å². The number of carbonyl (C=O) groups excluding carboxylic acids is 1. The minimum atomic E-state index is -0.0622. The Kier molecular flexibility index (Phi) is 5.49. The maximum Gasteiger partial charge on any atom is 0.246 e. The first-order valence-electron chi connectivity index (χ1n) is 11.3. The molecule has 8 heteroatoms. The van der Waals surface area contributed by atoms with Gasteiger partial charge in [-0.3, -0.25) is 9.59 Å². The van der Waals surface area contributed by atoms with Crippen molar-refractivity contribution in [3.63, 3.8) is 0 Å². The van der Waals surface area contributed by atoms with Crippen LogP contribution in [0, 0.1) is 6.92 Å². The van der Waals surface area contributed by atoms with Crippen molar-refractivity contribution in [3.8, 4) is 16.9 Å². The van der Waals surface area contributed by atoms with Crippen LogP contribution in [-0.2, 0) is 4.79 Å². The van der Waals surface area contributed by atoms with Gasteiger partial charge in [0.2, 0.25) is 5.91 Å². The number of nitrogens with two attached hydrogens (primary N) is 1. The fourth-order valence-electron chi connectivity index (χ4n) is 4.49. The number of nitrogens with zero attached hydrogens (tertiary/aromatic N) is 5. The minimum absolute atomic E-state index is 0.0184. The summed E-state index contributed by atoms with van der Waals surface area (Å²) >= 11 is 0. The van der Waals surface area contributed by atoms with E-state index in [4.69, 9.17) is 15.8 Å². The highest BCUT2D eigenvalue weighted by Gasteiger charge is 2.27. The molecule has 1 aliphatic rings. The fourth-order valence-corrected chi connectivity index (χ4v) is 4.49. The van der Waals surface area contributed by atoms with Crippen molar-refractivity contribution in [1.82, 2.24) is 24.2 Å². The molecule has 4 aromatic rings. The van der Waals surface area contributed by atoms with Crippen LogP contribution in [0.1, 0.15) is 24.6 Å². The van der Waals surface area contributed by atoms with E-state index in [0.29, 0.717) is 12.2 Å². The Labute approximate surface area is 196 Å². The topological polar surface area (TPSA) is 99.0 Å². The van der Waals surface area contributed by atoms with Crippen LogP contribution in [0.3, 0.4) is 0 Å². The summed E-state index contributed by atoms with van der Waals surface area (Å²) < 4.78 is 3.84. The zero-order valence-electron chi connectivity index (χ0n) is 19.0. The van der Waals surface area contributed by atoms with Crippen LogP contribution in [-0.4, -0.2) is 43.2 Å². The van der Waals surface area contributed by atoms with Crippen molar-refractivity contribution in [2.45, 2.75) is 25.8 Å². The molecule has 0 bridgehead atoms. The molecule has 1 aliphatic heterocycles. The highest BCUT2D eigenvalue weighted by molar-refractivity contribution is 5.93. The summed E-state index contributed by atoms with van der Waals surface area (Å²) in [5.41, 5.74) is 11.0. The quantitative estimate of drug-likeness (QED) is 0.476. The molecule has 0 saturated carbocycles. The number of aromatic nitrogens is 4. The lowest BCUT2D eigenvalue weighted by atomic mass is 10.1. The number of fused-ring (bicyclic) bond motifs is 1. The number of anilines is 1. The molecule has 1 fully saturated rings. The second-order valence-corrected chi connectivity index (χ2v) is 8.60. The van der Waals surface area contributed by atoms with Gasteiger partial charge in [-0.05, 0) is 44.0 Å². The van der Waals surface area contributed by atoms with Gasteiger partial charge < -0.3 is 15.2 Å². The number of pyridine rings is 2. The van der Waals surface area contributed by atoms with E-state index >= 15 is 0 Å². The molecule has 5 rings (SSSR count). The van der Waals surface area contributed by atoms with Gasteiger partial charge in [0.25, 0.3) is 0 Å². The molecule has 0 aliphatic carbocycles. The van der Waals surface area contributed by atoms with E-state index in [1.54, 1.807) is 12.4 Å². The van der Waals surface area contributed by atoms with E-state index in [9.17, 15) is 9.59 Å². The largest absolute Gasteiger partial charge is 0.397 e. The number of benzene rings is 1. The second kappa shape index (κ2) is 8.62. The highest BCUT2D eigenvalue weighted by atomic mass is 16.2. The maximum absolute atomic E-state index is 12.2. The Balaban J connectivity index is 1.57. The van der Waals surface area contributed by atoms with Gasteiger partial charge in [0.05, 0.1) is 17.4 Å². The highest BCUT2D eigenvalue weighted by Crippen LogP contribution is 2.33. The van der Waals surface area contributed by atoms with E-state index in [-0.39, 0.29) is 17.4 Å². The summed E-state index contributed by atoms with van der Waals surface area (Å²) in [5, 5.41) is 5.87. The van der Waals surface area contributed by atoms with Gasteiger partial charge in [-0.2, -0.15) is 5.10 Å². The van der Waals surface area contributed by atoms with Crippen molar-refractivity contribution >= 4 is 22.6 Å². The Hall–Kier alpha value is -4.20. The van der Waals surface area contributed by atoms with Crippen molar-refractivity contribution in [3.05, 3.63) is 83.4 Å². The van der Waals surface area contributed by atoms with Crippen LogP contribution in [0.5, 0.6) is 0 Å². The number of carbonyl (C=O) groups is 1. The Bertz CT molecular complexity index is 1430. The Morgan fingerprint density at radius 1 is 1.18 bits per heavy atom. The molecule has 0 spiro atoms. The van der Waals surface area contributed by atoms with Crippen LogP contribution in [0.4, 0.5) is 5.69 Å². The lowest BCUT2D eigenvalue weighted by molar-refractivity contribution is -0.127. The predicted molar refractivity (Wildman–Crippen MR) is 133 cm³/mol. The number of hydrogen-bond donors (Lipinski definition) is 1. The second-order valence-electron chi connectivity index (χ2n) is 8.60. The molecule has 0 radical (unpaired) electrons. The van der Waals surface area contributed by atoms with Crippen molar-refractivity contribution in [2.75, 3.05) is 18.8 Å². The zero-order valence-corrected chi connectivity index (χ0v) is 19.0. The van der Waals surface area contributed by atoms with E-state index in [2.05, 4.69) is 6.58 Å². The SMILES string of the molecule is C=CC(=O)N1CCCC(n2nc(-c3ccc(-n4ccc(=O)cc4)cc3)c3cc(N)c(C)nc32)C1. The molecule has 2 N–H and O–H groups in total. The van der Waals surface area contributed by atoms with Gasteiger partial charge >= 0.3 is 0 Å². The molecule has 1 amide bonds. The van der Waals surface area contributed by atoms with Crippen LogP contribution in [0.2, 0.25) is 0 Å². The summed E-state index contributed by atoms with van der Waals surface area (Å²) in [6.07, 6.45) is 6.65. The van der Waals surface area contributed by atoms with Gasteiger partial charge in [-0.1, -0.05) is 18.7 Å². The predicted octanol–water partition coefficient (Wildman–Crippen LogP) is 3.49. The van der Waals surface area contributed by atoms with Crippen LogP contribution in [0.25, 0.3) is 28.0 Å². The number of amides is 1. The van der Waals surface area contributed by atoms with Gasteiger partial charge in [0.1, 0.15) is 5.69 Å². The Morgan fingerprint density at radius 3 is 2.62 bits per heavy atom. The van der Waals surface area contributed by atoms with Gasteiger partial charge in [-0.15, -0.1) is 0 Å². The summed E-state index contributed by atoms with van der Waals surface area (Å²) in [4.78, 5) is 30.2. The number of rotatable bonds is 4. The van der Waals surface area contributed by atoms with E-state index in [0.717, 1.165) is 53.1 Å². The third-order valence-corrected chi connectivity index (χ3v) is 6.38. The van der Waals surface area contributed by atoms with Gasteiger partial charge in [-0.25, -0.2) is 9.67 Å². The molecular weight excluding hydrogens is 428 g/mol. The van der Waals surface area contributed by atoms with Crippen molar-refractivity contribution < 1.29 is 4.79 Å². The van der Waals surface area contributed by atoms with Crippen molar-refractivity contribution in [2.24, 2.45) is 0 Å². The molecule has 1 aromatic carbocycles. The lowest BCUT2D eigenvalue weighted by Crippen LogP contribution is -2.40. The number of likely N-dealkylation sites (tertiary alicyclic amines) is 1. The summed E-state index contributed by atoms with van der Waals surface area (Å²) in [7, 11) is 0. The number of piperidine rings is 1. The zero-order chi connectivity index (χ0) is 23.8. The van der Waals surface area contributed by atoms with Crippen LogP contribution in [0.15, 0.2) is 72.3 Å². The normalized spacial score (nSPS) is 16.0. The van der Waals surface area contributed by atoms with Crippen LogP contribution >= 0.6 is 0 Å². The Morgan fingerprint density at radius 2 is 1.91 bits per heavy atom. The summed E-state index contributed by atoms with van der Waals surface area (Å²) in [6, 6.07) is 13.0. The first kappa shape index (κ1) is 21.6. The molecule has 1 atom stereocenters. The average Bonchev–Trinajstić information content (AvgIpc) is 3.22. The third kappa shape index (κ3) is 3.87. The fraction of sp³-hybridized carbons (Fsp3) is 0.231. The van der Waals surface area contributed by atoms with Crippen LogP contribution < -0.4 is 11.2 Å². The monoisotopic (exact) mass is 454 g/mol. The summed E-state index contributed by atoms with van der Waals surface area (Å²) in [5.74, 6) is -0.0622. The standard InChI is InChI=1S/C26H26N6O2/c1-3-24(34)31-12-4-5-20(16-31)32-26-22(15-23(27)17(2)28-26)25(29-32)18-6-8-19(9-7-18)30-13-10-21(33)11-14-30/h3,6-11,13-15,20H,1,4-5,12,16,27H2,2H3.